The van der Waals surface area contributed by atoms with Crippen LogP contribution in [0.5, 0.6) is 11.5 Å². The first-order valence-corrected chi connectivity index (χ1v) is 9.07. The average molecular weight is 439 g/mol. The molecule has 2 aliphatic rings. The maximum atomic E-state index is 11.2. The number of ether oxygens (including phenoxy) is 2. The van der Waals surface area contributed by atoms with E-state index in [9.17, 15) is 15.2 Å². The number of nitriles is 1. The van der Waals surface area contributed by atoms with Crippen LogP contribution in [0.15, 0.2) is 18.2 Å². The van der Waals surface area contributed by atoms with E-state index < -0.39 is 11.4 Å². The topological polar surface area (TPSA) is 206 Å². The fourth-order valence-electron chi connectivity index (χ4n) is 4.07. The zero-order valence-electron chi connectivity index (χ0n) is 16.7. The zero-order chi connectivity index (χ0) is 17.9. The van der Waals surface area contributed by atoms with Gasteiger partial charge in [0.2, 0.25) is 0 Å². The Balaban J connectivity index is -0.00000146. The van der Waals surface area contributed by atoms with Crippen LogP contribution in [-0.2, 0) is 10.2 Å². The second-order valence-electron chi connectivity index (χ2n) is 7.20. The minimum atomic E-state index is -0.758. The van der Waals surface area contributed by atoms with Crippen LogP contribution in [0, 0.1) is 17.2 Å². The summed E-state index contributed by atoms with van der Waals surface area (Å²) in [6.45, 7) is 0. The summed E-state index contributed by atoms with van der Waals surface area (Å²) in [6.07, 6.45) is 6.89. The third kappa shape index (κ3) is 7.10. The van der Waals surface area contributed by atoms with Gasteiger partial charge >= 0.3 is 35.5 Å². The number of methoxy groups -OCH3 is 1. The fraction of sp³-hybridized carbons (Fsp3) is 0.600. The summed E-state index contributed by atoms with van der Waals surface area (Å²) in [5.74, 6) is 0.283. The first-order chi connectivity index (χ1) is 12.1. The van der Waals surface area contributed by atoms with Gasteiger partial charge in [-0.2, -0.15) is 5.26 Å². The second-order valence-corrected chi connectivity index (χ2v) is 7.20. The van der Waals surface area contributed by atoms with Gasteiger partial charge in [0.05, 0.1) is 30.6 Å². The van der Waals surface area contributed by atoms with Crippen LogP contribution in [0.25, 0.3) is 0 Å². The average Bonchev–Trinajstić information content (AvgIpc) is 3.14. The fourth-order valence-corrected chi connectivity index (χ4v) is 4.07. The summed E-state index contributed by atoms with van der Waals surface area (Å²) in [4.78, 5) is 11.2. The number of benzene rings is 1. The molecule has 1 aromatic rings. The normalized spacial score (nSPS) is 22.3. The van der Waals surface area contributed by atoms with Gasteiger partial charge in [0.1, 0.15) is 0 Å². The van der Waals surface area contributed by atoms with Crippen molar-refractivity contribution in [2.75, 3.05) is 7.11 Å². The van der Waals surface area contributed by atoms with Gasteiger partial charge in [-0.05, 0) is 69.1 Å². The number of hydrogen-bond acceptors (Lipinski definition) is 4. The summed E-state index contributed by atoms with van der Waals surface area (Å²) in [5.41, 5.74) is 0.277. The van der Waals surface area contributed by atoms with Gasteiger partial charge in [-0.3, -0.25) is 4.79 Å². The third-order valence-corrected chi connectivity index (χ3v) is 5.71. The predicted octanol–water partition coefficient (Wildman–Crippen LogP) is 0.105. The zero-order valence-corrected chi connectivity index (χ0v) is 16.7. The van der Waals surface area contributed by atoms with Crippen LogP contribution >= 0.6 is 0 Å². The molecule has 9 N–H and O–H groups in total. The van der Waals surface area contributed by atoms with Gasteiger partial charge < -0.3 is 36.5 Å². The van der Waals surface area contributed by atoms with E-state index in [1.54, 1.807) is 7.11 Å². The standard InChI is InChI=1S/C20H25NO4.Na.4H2O.H/c1-24-17-7-6-15(12-18(17)25-16-4-2-3-5-16)20(13-21)10-8-14(9-11-20)19(22)23;;;;;;/h6-7,12,14,16H,2-5,8-11H2,1H3,(H,22,23);;4*1H2;. The van der Waals surface area contributed by atoms with Gasteiger partial charge in [0, 0.05) is 0 Å². The van der Waals surface area contributed by atoms with E-state index in [2.05, 4.69) is 6.07 Å². The molecule has 3 rings (SSSR count). The van der Waals surface area contributed by atoms with Crippen LogP contribution in [0.3, 0.4) is 0 Å². The third-order valence-electron chi connectivity index (χ3n) is 5.71. The van der Waals surface area contributed by atoms with Gasteiger partial charge in [-0.15, -0.1) is 0 Å². The van der Waals surface area contributed by atoms with E-state index >= 15 is 0 Å². The maximum absolute atomic E-state index is 11.2. The molecule has 2 fully saturated rings. The Hall–Kier alpha value is -1.38. The summed E-state index contributed by atoms with van der Waals surface area (Å²) in [6, 6.07) is 8.18. The van der Waals surface area contributed by atoms with E-state index in [1.807, 2.05) is 18.2 Å². The van der Waals surface area contributed by atoms with Crippen molar-refractivity contribution < 1.29 is 41.3 Å². The van der Waals surface area contributed by atoms with Crippen molar-refractivity contribution >= 4 is 35.5 Å². The van der Waals surface area contributed by atoms with Crippen molar-refractivity contribution in [3.8, 4) is 17.6 Å². The molecule has 0 amide bonds. The van der Waals surface area contributed by atoms with E-state index in [4.69, 9.17) is 9.47 Å². The Morgan fingerprint density at radius 2 is 1.63 bits per heavy atom. The number of carboxylic acids is 1. The molecule has 2 saturated carbocycles. The predicted molar refractivity (Wildman–Crippen MR) is 114 cm³/mol. The Labute approximate surface area is 198 Å². The van der Waals surface area contributed by atoms with Crippen LogP contribution in [0.2, 0.25) is 0 Å². The number of carboxylic acid groups (broad SMARTS) is 1. The Bertz CT molecular complexity index is 680. The molecule has 0 heterocycles. The number of hydrogen-bond donors (Lipinski definition) is 1. The molecule has 10 heteroatoms. The molecule has 30 heavy (non-hydrogen) atoms. The van der Waals surface area contributed by atoms with Gasteiger partial charge in [-0.25, -0.2) is 0 Å². The molecule has 0 radical (unpaired) electrons. The molecule has 0 saturated heterocycles. The molecule has 9 nitrogen and oxygen atoms in total. The molecule has 0 unspecified atom stereocenters. The molecule has 0 spiro atoms. The van der Waals surface area contributed by atoms with Crippen molar-refractivity contribution in [2.24, 2.45) is 5.92 Å². The first-order valence-electron chi connectivity index (χ1n) is 9.07. The molecule has 0 bridgehead atoms. The number of carbonyl (C=O) groups is 1. The summed E-state index contributed by atoms with van der Waals surface area (Å²) >= 11 is 0. The van der Waals surface area contributed by atoms with Crippen molar-refractivity contribution in [3.05, 3.63) is 23.8 Å². The number of rotatable bonds is 5. The van der Waals surface area contributed by atoms with Gasteiger partial charge in [0.25, 0.3) is 0 Å². The van der Waals surface area contributed by atoms with Crippen molar-refractivity contribution in [2.45, 2.75) is 62.9 Å². The summed E-state index contributed by atoms with van der Waals surface area (Å²) in [5, 5.41) is 19.1. The molecular weight excluding hydrogens is 405 g/mol. The molecule has 0 aromatic heterocycles. The van der Waals surface area contributed by atoms with Gasteiger partial charge in [0.15, 0.2) is 11.5 Å². The monoisotopic (exact) mass is 439 g/mol. The van der Waals surface area contributed by atoms with E-state index in [1.165, 1.54) is 12.8 Å². The number of nitrogens with zero attached hydrogens (tertiary/aromatic N) is 1. The molecule has 2 aliphatic carbocycles. The summed E-state index contributed by atoms with van der Waals surface area (Å²) in [7, 11) is 1.62. The van der Waals surface area contributed by atoms with Crippen LogP contribution < -0.4 is 9.47 Å². The Kier molecular flexibility index (Phi) is 16.2. The van der Waals surface area contributed by atoms with Crippen molar-refractivity contribution in [1.29, 1.82) is 5.26 Å². The van der Waals surface area contributed by atoms with Crippen LogP contribution in [0.1, 0.15) is 56.9 Å². The Morgan fingerprint density at radius 3 is 2.10 bits per heavy atom. The van der Waals surface area contributed by atoms with Gasteiger partial charge in [-0.1, -0.05) is 6.07 Å². The van der Waals surface area contributed by atoms with E-state index in [0.29, 0.717) is 37.2 Å². The molecular formula is C20H34NNaO8. The second kappa shape index (κ2) is 14.6. The first kappa shape index (κ1) is 33.3. The number of aliphatic carboxylic acids is 1. The van der Waals surface area contributed by atoms with E-state index in [-0.39, 0.29) is 63.5 Å². The van der Waals surface area contributed by atoms with Crippen LogP contribution in [-0.4, -0.2) is 75.8 Å². The van der Waals surface area contributed by atoms with Crippen molar-refractivity contribution in [3.63, 3.8) is 0 Å². The van der Waals surface area contributed by atoms with E-state index in [0.717, 1.165) is 18.4 Å². The SMILES string of the molecule is COc1ccc(C2(C#N)CCC(C(=O)O)CC2)cc1OC1CCCC1.O.O.O.O.[NaH]. The molecule has 168 valence electrons. The summed E-state index contributed by atoms with van der Waals surface area (Å²) < 4.78 is 11.6. The molecule has 0 aliphatic heterocycles. The molecule has 1 aromatic carbocycles. The van der Waals surface area contributed by atoms with Crippen molar-refractivity contribution in [1.82, 2.24) is 0 Å². The quantitative estimate of drug-likeness (QED) is 0.632. The minimum absolute atomic E-state index is 0. The van der Waals surface area contributed by atoms with Crippen LogP contribution in [0.4, 0.5) is 0 Å². The Morgan fingerprint density at radius 1 is 1.07 bits per heavy atom. The molecule has 0 atom stereocenters.